The van der Waals surface area contributed by atoms with Crippen molar-refractivity contribution in [3.05, 3.63) is 40.7 Å². The van der Waals surface area contributed by atoms with Gasteiger partial charge in [-0.05, 0) is 42.5 Å². The molecule has 0 spiro atoms. The number of imidazole rings is 1. The number of benzene rings is 1. The highest BCUT2D eigenvalue weighted by Crippen LogP contribution is 2.40. The molecular formula is C29H29FN10OS2. The van der Waals surface area contributed by atoms with Crippen LogP contribution in [-0.2, 0) is 11.2 Å². The number of halogens is 1. The predicted octanol–water partition coefficient (Wildman–Crippen LogP) is 3.61. The molecule has 3 aliphatic rings. The van der Waals surface area contributed by atoms with Crippen molar-refractivity contribution in [1.82, 2.24) is 29.4 Å². The van der Waals surface area contributed by atoms with E-state index in [1.54, 1.807) is 28.4 Å². The van der Waals surface area contributed by atoms with Crippen LogP contribution in [0.4, 0.5) is 20.5 Å². The third-order valence-electron chi connectivity index (χ3n) is 8.62. The van der Waals surface area contributed by atoms with Crippen LogP contribution >= 0.6 is 22.7 Å². The highest BCUT2D eigenvalue weighted by atomic mass is 32.1. The molecule has 4 aromatic rings. The van der Waals surface area contributed by atoms with E-state index >= 15 is 0 Å². The molecule has 0 saturated carbocycles. The van der Waals surface area contributed by atoms with E-state index in [2.05, 4.69) is 28.9 Å². The Hall–Kier alpha value is -4.11. The van der Waals surface area contributed by atoms with Gasteiger partial charge >= 0.3 is 0 Å². The molecule has 3 fully saturated rings. The van der Waals surface area contributed by atoms with Gasteiger partial charge in [-0.15, -0.1) is 5.10 Å². The molecule has 0 N–H and O–H groups in total. The minimum absolute atomic E-state index is 0.0148. The van der Waals surface area contributed by atoms with Crippen molar-refractivity contribution in [1.29, 1.82) is 10.5 Å². The highest BCUT2D eigenvalue weighted by Gasteiger charge is 2.42. The van der Waals surface area contributed by atoms with E-state index in [4.69, 9.17) is 20.3 Å². The van der Waals surface area contributed by atoms with Gasteiger partial charge in [-0.25, -0.2) is 14.4 Å². The van der Waals surface area contributed by atoms with Gasteiger partial charge in [-0.2, -0.15) is 15.0 Å². The van der Waals surface area contributed by atoms with Gasteiger partial charge in [0, 0.05) is 51.9 Å². The molecule has 43 heavy (non-hydrogen) atoms. The quantitative estimate of drug-likeness (QED) is 0.307. The molecule has 11 nitrogen and oxygen atoms in total. The van der Waals surface area contributed by atoms with Gasteiger partial charge in [-0.1, -0.05) is 29.6 Å². The second kappa shape index (κ2) is 10.9. The number of nitriles is 2. The zero-order valence-electron chi connectivity index (χ0n) is 23.8. The van der Waals surface area contributed by atoms with Gasteiger partial charge in [-0.3, -0.25) is 9.69 Å². The number of anilines is 3. The fourth-order valence-electron chi connectivity index (χ4n) is 6.32. The Labute approximate surface area is 256 Å². The predicted molar refractivity (Wildman–Crippen MR) is 162 cm³/mol. The minimum atomic E-state index is -0.338. The lowest BCUT2D eigenvalue weighted by Crippen LogP contribution is -2.52. The number of likely N-dealkylation sites (tertiary alicyclic amines) is 2. The average molecular weight is 617 g/mol. The second-order valence-corrected chi connectivity index (χ2v) is 13.3. The van der Waals surface area contributed by atoms with E-state index in [0.29, 0.717) is 59.2 Å². The van der Waals surface area contributed by atoms with Crippen molar-refractivity contribution >= 4 is 49.6 Å². The fourth-order valence-corrected chi connectivity index (χ4v) is 8.11. The molecule has 0 aliphatic carbocycles. The standard InChI is InChI=1S/C29H29FN10OS2/c1-3-22-26(36(2)27-34-25(23(9-32)42-27)18-4-6-21(30)7-5-18)40-28(33-22)43-29(35-40)39-14-19-12-37(13-20(19)15-39)16-24(41)38-10-17(8-31)11-38/h4-7,17,19-20H,3,10-16H2,1-2H3. The molecule has 3 saturated heterocycles. The van der Waals surface area contributed by atoms with Crippen LogP contribution in [0.3, 0.4) is 0 Å². The fraction of sp³-hybridized carbons (Fsp3) is 0.448. The maximum absolute atomic E-state index is 13.5. The summed E-state index contributed by atoms with van der Waals surface area (Å²) in [4.78, 5) is 31.8. The van der Waals surface area contributed by atoms with Crippen molar-refractivity contribution in [2.75, 3.05) is 62.7 Å². The Morgan fingerprint density at radius 3 is 2.44 bits per heavy atom. The number of aromatic nitrogens is 4. The monoisotopic (exact) mass is 616 g/mol. The van der Waals surface area contributed by atoms with E-state index in [-0.39, 0.29) is 17.6 Å². The second-order valence-electron chi connectivity index (χ2n) is 11.4. The van der Waals surface area contributed by atoms with Gasteiger partial charge in [0.1, 0.15) is 22.5 Å². The van der Waals surface area contributed by atoms with Crippen molar-refractivity contribution < 1.29 is 9.18 Å². The van der Waals surface area contributed by atoms with E-state index in [1.807, 2.05) is 16.5 Å². The lowest BCUT2D eigenvalue weighted by molar-refractivity contribution is -0.137. The largest absolute Gasteiger partial charge is 0.346 e. The third-order valence-corrected chi connectivity index (χ3v) is 10.6. The molecular weight excluding hydrogens is 588 g/mol. The maximum Gasteiger partial charge on any atom is 0.236 e. The van der Waals surface area contributed by atoms with E-state index in [9.17, 15) is 14.4 Å². The van der Waals surface area contributed by atoms with Gasteiger partial charge in [0.2, 0.25) is 16.0 Å². The Kier molecular flexibility index (Phi) is 7.00. The third kappa shape index (κ3) is 4.89. The Balaban J connectivity index is 1.07. The van der Waals surface area contributed by atoms with Gasteiger partial charge in [0.05, 0.1) is 24.2 Å². The molecule has 3 aromatic heterocycles. The lowest BCUT2D eigenvalue weighted by atomic mass is 10.0. The highest BCUT2D eigenvalue weighted by molar-refractivity contribution is 7.20. The first-order valence-electron chi connectivity index (χ1n) is 14.3. The van der Waals surface area contributed by atoms with Crippen LogP contribution < -0.4 is 9.80 Å². The molecule has 1 aromatic carbocycles. The first kappa shape index (κ1) is 27.7. The topological polar surface area (TPSA) is 121 Å². The Bertz CT molecular complexity index is 1760. The van der Waals surface area contributed by atoms with Crippen molar-refractivity contribution in [3.8, 4) is 23.4 Å². The SMILES string of the molecule is CCc1nc2sc(N3CC4CN(CC(=O)N5CC(C#N)C5)CC4C3)nn2c1N(C)c1nc(-c2ccc(F)cc2)c(C#N)s1. The lowest BCUT2D eigenvalue weighted by Gasteiger charge is -2.36. The molecule has 2 atom stereocenters. The summed E-state index contributed by atoms with van der Waals surface area (Å²) in [5.41, 5.74) is 2.11. The van der Waals surface area contributed by atoms with E-state index in [1.165, 1.54) is 23.5 Å². The van der Waals surface area contributed by atoms with Crippen molar-refractivity contribution in [2.24, 2.45) is 17.8 Å². The smallest absolute Gasteiger partial charge is 0.236 e. The summed E-state index contributed by atoms with van der Waals surface area (Å²) in [6.45, 7) is 7.15. The zero-order valence-corrected chi connectivity index (χ0v) is 25.4. The number of aryl methyl sites for hydroxylation is 1. The van der Waals surface area contributed by atoms with Crippen LogP contribution in [0.5, 0.6) is 0 Å². The van der Waals surface area contributed by atoms with Crippen LogP contribution in [-0.4, -0.2) is 88.2 Å². The molecule has 0 bridgehead atoms. The van der Waals surface area contributed by atoms with Gasteiger partial charge < -0.3 is 14.7 Å². The molecule has 0 radical (unpaired) electrons. The first-order valence-corrected chi connectivity index (χ1v) is 15.9. The molecule has 220 valence electrons. The molecule has 6 heterocycles. The molecule has 7 rings (SSSR count). The number of thiazole rings is 1. The van der Waals surface area contributed by atoms with Gasteiger partial charge in [0.15, 0.2) is 10.9 Å². The number of rotatable bonds is 7. The maximum atomic E-state index is 13.5. The summed E-state index contributed by atoms with van der Waals surface area (Å²) in [7, 11) is 1.91. The number of hydrogen-bond donors (Lipinski definition) is 0. The normalized spacial score (nSPS) is 20.3. The Morgan fingerprint density at radius 1 is 1.07 bits per heavy atom. The number of amides is 1. The van der Waals surface area contributed by atoms with Crippen molar-refractivity contribution in [2.45, 2.75) is 13.3 Å². The molecule has 1 amide bonds. The van der Waals surface area contributed by atoms with E-state index < -0.39 is 0 Å². The summed E-state index contributed by atoms with van der Waals surface area (Å²) in [6.07, 6.45) is 0.712. The minimum Gasteiger partial charge on any atom is -0.346 e. The van der Waals surface area contributed by atoms with Crippen LogP contribution in [0, 0.1) is 46.2 Å². The number of fused-ring (bicyclic) bond motifs is 2. The average Bonchev–Trinajstić information content (AvgIpc) is 3.77. The molecule has 3 aliphatic heterocycles. The van der Waals surface area contributed by atoms with Crippen LogP contribution in [0.25, 0.3) is 16.2 Å². The van der Waals surface area contributed by atoms with Gasteiger partial charge in [0.25, 0.3) is 0 Å². The van der Waals surface area contributed by atoms with E-state index in [0.717, 1.165) is 47.8 Å². The molecule has 14 heteroatoms. The summed E-state index contributed by atoms with van der Waals surface area (Å²) < 4.78 is 15.4. The summed E-state index contributed by atoms with van der Waals surface area (Å²) in [5.74, 6) is 1.54. The van der Waals surface area contributed by atoms with Crippen LogP contribution in [0.2, 0.25) is 0 Å². The summed E-state index contributed by atoms with van der Waals surface area (Å²) in [6, 6.07) is 10.5. The zero-order chi connectivity index (χ0) is 29.8. The number of nitrogens with zero attached hydrogens (tertiary/aromatic N) is 10. The van der Waals surface area contributed by atoms with Crippen molar-refractivity contribution in [3.63, 3.8) is 0 Å². The molecule has 2 unspecified atom stereocenters. The number of carbonyl (C=O) groups is 1. The summed E-state index contributed by atoms with van der Waals surface area (Å²) >= 11 is 2.86. The Morgan fingerprint density at radius 2 is 1.79 bits per heavy atom. The van der Waals surface area contributed by atoms with Crippen LogP contribution in [0.15, 0.2) is 24.3 Å². The first-order chi connectivity index (χ1) is 20.8. The number of hydrogen-bond acceptors (Lipinski definition) is 11. The number of carbonyl (C=O) groups excluding carboxylic acids is 1. The van der Waals surface area contributed by atoms with Crippen LogP contribution in [0.1, 0.15) is 17.5 Å². The summed E-state index contributed by atoms with van der Waals surface area (Å²) in [5, 5.41) is 25.3.